The SMILES string of the molecule is CCOC(=O)C(C)CN1CCSC(CC)C1. The molecule has 1 rings (SSSR count). The first-order valence-electron chi connectivity index (χ1n) is 6.17. The molecular formula is C12H23NO2S. The molecule has 2 unspecified atom stereocenters. The van der Waals surface area contributed by atoms with Gasteiger partial charge in [0.15, 0.2) is 0 Å². The predicted molar refractivity (Wildman–Crippen MR) is 68.8 cm³/mol. The van der Waals surface area contributed by atoms with Crippen LogP contribution < -0.4 is 0 Å². The summed E-state index contributed by atoms with van der Waals surface area (Å²) in [5, 5.41) is 0.739. The standard InChI is InChI=1S/C12H23NO2S/c1-4-11-9-13(6-7-16-11)8-10(3)12(14)15-5-2/h10-11H,4-9H2,1-3H3. The van der Waals surface area contributed by atoms with Crippen molar-refractivity contribution in [3.05, 3.63) is 0 Å². The van der Waals surface area contributed by atoms with E-state index in [2.05, 4.69) is 23.6 Å². The first-order chi connectivity index (χ1) is 7.67. The minimum Gasteiger partial charge on any atom is -0.466 e. The molecule has 1 aliphatic heterocycles. The van der Waals surface area contributed by atoms with Crippen LogP contribution in [0, 0.1) is 5.92 Å². The lowest BCUT2D eigenvalue weighted by atomic mass is 10.1. The molecule has 4 heteroatoms. The lowest BCUT2D eigenvalue weighted by Crippen LogP contribution is -2.41. The molecule has 0 saturated carbocycles. The maximum Gasteiger partial charge on any atom is 0.309 e. The molecule has 16 heavy (non-hydrogen) atoms. The maximum absolute atomic E-state index is 11.5. The van der Waals surface area contributed by atoms with Crippen molar-refractivity contribution in [2.75, 3.05) is 32.0 Å². The summed E-state index contributed by atoms with van der Waals surface area (Å²) in [5.41, 5.74) is 0. The lowest BCUT2D eigenvalue weighted by molar-refractivity contribution is -0.148. The fourth-order valence-electron chi connectivity index (χ4n) is 1.94. The highest BCUT2D eigenvalue weighted by Gasteiger charge is 2.23. The van der Waals surface area contributed by atoms with Gasteiger partial charge in [0.2, 0.25) is 0 Å². The molecule has 0 aromatic heterocycles. The summed E-state index contributed by atoms with van der Waals surface area (Å²) in [6.45, 7) is 9.59. The first kappa shape index (κ1) is 13.8. The minimum atomic E-state index is -0.0613. The second-order valence-corrected chi connectivity index (χ2v) is 5.72. The molecule has 0 N–H and O–H groups in total. The Morgan fingerprint density at radius 3 is 2.94 bits per heavy atom. The molecule has 0 aliphatic carbocycles. The molecule has 3 nitrogen and oxygen atoms in total. The van der Waals surface area contributed by atoms with Crippen molar-refractivity contribution in [3.8, 4) is 0 Å². The van der Waals surface area contributed by atoms with E-state index in [4.69, 9.17) is 4.74 Å². The summed E-state index contributed by atoms with van der Waals surface area (Å²) < 4.78 is 5.03. The topological polar surface area (TPSA) is 29.5 Å². The number of esters is 1. The Bertz CT molecular complexity index is 223. The van der Waals surface area contributed by atoms with Crippen LogP contribution in [-0.2, 0) is 9.53 Å². The number of nitrogens with zero attached hydrogens (tertiary/aromatic N) is 1. The highest BCUT2D eigenvalue weighted by atomic mass is 32.2. The molecule has 0 aromatic carbocycles. The molecule has 0 aromatic rings. The normalized spacial score (nSPS) is 24.1. The van der Waals surface area contributed by atoms with Crippen LogP contribution in [0.4, 0.5) is 0 Å². The highest BCUT2D eigenvalue weighted by Crippen LogP contribution is 2.21. The molecule has 94 valence electrons. The average Bonchev–Trinajstić information content (AvgIpc) is 2.29. The van der Waals surface area contributed by atoms with Crippen LogP contribution in [0.15, 0.2) is 0 Å². The summed E-state index contributed by atoms with van der Waals surface area (Å²) in [5.74, 6) is 1.13. The van der Waals surface area contributed by atoms with Gasteiger partial charge in [-0.1, -0.05) is 13.8 Å². The fourth-order valence-corrected chi connectivity index (χ4v) is 3.19. The molecule has 1 saturated heterocycles. The zero-order valence-corrected chi connectivity index (χ0v) is 11.4. The van der Waals surface area contributed by atoms with E-state index < -0.39 is 0 Å². The van der Waals surface area contributed by atoms with Crippen molar-refractivity contribution in [1.29, 1.82) is 0 Å². The van der Waals surface area contributed by atoms with Crippen molar-refractivity contribution in [2.45, 2.75) is 32.4 Å². The fraction of sp³-hybridized carbons (Fsp3) is 0.917. The lowest BCUT2D eigenvalue weighted by Gasteiger charge is -2.33. The van der Waals surface area contributed by atoms with Crippen LogP contribution >= 0.6 is 11.8 Å². The second kappa shape index (κ2) is 7.17. The first-order valence-corrected chi connectivity index (χ1v) is 7.22. The maximum atomic E-state index is 11.5. The van der Waals surface area contributed by atoms with E-state index in [1.165, 1.54) is 12.2 Å². The molecule has 1 aliphatic rings. The Labute approximate surface area is 103 Å². The van der Waals surface area contributed by atoms with Gasteiger partial charge in [0.05, 0.1) is 12.5 Å². The van der Waals surface area contributed by atoms with Crippen molar-refractivity contribution in [2.24, 2.45) is 5.92 Å². The molecule has 2 atom stereocenters. The summed E-state index contributed by atoms with van der Waals surface area (Å²) in [6.07, 6.45) is 1.22. The van der Waals surface area contributed by atoms with Gasteiger partial charge in [0.25, 0.3) is 0 Å². The third-order valence-corrected chi connectivity index (χ3v) is 4.27. The quantitative estimate of drug-likeness (QED) is 0.693. The number of carbonyl (C=O) groups excluding carboxylic acids is 1. The van der Waals surface area contributed by atoms with Crippen LogP contribution in [-0.4, -0.2) is 48.1 Å². The molecule has 0 bridgehead atoms. The van der Waals surface area contributed by atoms with Crippen molar-refractivity contribution < 1.29 is 9.53 Å². The van der Waals surface area contributed by atoms with E-state index in [1.54, 1.807) is 0 Å². The van der Waals surface area contributed by atoms with Crippen LogP contribution in [0.25, 0.3) is 0 Å². The third kappa shape index (κ3) is 4.34. The van der Waals surface area contributed by atoms with Crippen LogP contribution in [0.1, 0.15) is 27.2 Å². The van der Waals surface area contributed by atoms with E-state index in [0.717, 1.165) is 24.9 Å². The average molecular weight is 245 g/mol. The Morgan fingerprint density at radius 2 is 2.31 bits per heavy atom. The number of rotatable bonds is 5. The number of thioether (sulfide) groups is 1. The third-order valence-electron chi connectivity index (χ3n) is 2.90. The zero-order valence-electron chi connectivity index (χ0n) is 10.6. The van der Waals surface area contributed by atoms with Gasteiger partial charge in [-0.05, 0) is 13.3 Å². The molecule has 0 radical (unpaired) electrons. The van der Waals surface area contributed by atoms with Gasteiger partial charge in [-0.3, -0.25) is 4.79 Å². The van der Waals surface area contributed by atoms with Crippen molar-refractivity contribution >= 4 is 17.7 Å². The number of hydrogen-bond acceptors (Lipinski definition) is 4. The van der Waals surface area contributed by atoms with Crippen LogP contribution in [0.2, 0.25) is 0 Å². The van der Waals surface area contributed by atoms with Gasteiger partial charge in [-0.15, -0.1) is 0 Å². The van der Waals surface area contributed by atoms with Gasteiger partial charge < -0.3 is 9.64 Å². The number of hydrogen-bond donors (Lipinski definition) is 0. The largest absolute Gasteiger partial charge is 0.466 e. The van der Waals surface area contributed by atoms with Crippen molar-refractivity contribution in [3.63, 3.8) is 0 Å². The van der Waals surface area contributed by atoms with Gasteiger partial charge >= 0.3 is 5.97 Å². The van der Waals surface area contributed by atoms with Gasteiger partial charge in [-0.2, -0.15) is 11.8 Å². The summed E-state index contributed by atoms with van der Waals surface area (Å²) in [7, 11) is 0. The van der Waals surface area contributed by atoms with E-state index >= 15 is 0 Å². The van der Waals surface area contributed by atoms with Gasteiger partial charge in [-0.25, -0.2) is 0 Å². The van der Waals surface area contributed by atoms with E-state index in [9.17, 15) is 4.79 Å². The Kier molecular flexibility index (Phi) is 6.21. The molecule has 1 heterocycles. The Balaban J connectivity index is 2.32. The number of ether oxygens (including phenoxy) is 1. The molecule has 0 amide bonds. The highest BCUT2D eigenvalue weighted by molar-refractivity contribution is 8.00. The van der Waals surface area contributed by atoms with E-state index in [0.29, 0.717) is 6.61 Å². The molecule has 1 fully saturated rings. The summed E-state index contributed by atoms with van der Waals surface area (Å²) >= 11 is 2.05. The summed E-state index contributed by atoms with van der Waals surface area (Å²) in [6, 6.07) is 0. The minimum absolute atomic E-state index is 0.000515. The zero-order chi connectivity index (χ0) is 12.0. The summed E-state index contributed by atoms with van der Waals surface area (Å²) in [4.78, 5) is 13.9. The molecule has 0 spiro atoms. The van der Waals surface area contributed by atoms with E-state index in [-0.39, 0.29) is 11.9 Å². The van der Waals surface area contributed by atoms with Crippen molar-refractivity contribution in [1.82, 2.24) is 4.90 Å². The van der Waals surface area contributed by atoms with Crippen LogP contribution in [0.3, 0.4) is 0 Å². The van der Waals surface area contributed by atoms with Gasteiger partial charge in [0, 0.05) is 30.6 Å². The van der Waals surface area contributed by atoms with E-state index in [1.807, 2.05) is 13.8 Å². The van der Waals surface area contributed by atoms with Crippen LogP contribution in [0.5, 0.6) is 0 Å². The molecular weight excluding hydrogens is 222 g/mol. The second-order valence-electron chi connectivity index (χ2n) is 4.31. The Hall–Kier alpha value is -0.220. The van der Waals surface area contributed by atoms with Gasteiger partial charge in [0.1, 0.15) is 0 Å². The monoisotopic (exact) mass is 245 g/mol. The smallest absolute Gasteiger partial charge is 0.309 e. The Morgan fingerprint density at radius 1 is 1.56 bits per heavy atom. The predicted octanol–water partition coefficient (Wildman–Crippen LogP) is 2.01. The number of carbonyl (C=O) groups is 1.